The first kappa shape index (κ1) is 10.6. The molecule has 0 aromatic heterocycles. The summed E-state index contributed by atoms with van der Waals surface area (Å²) in [4.78, 5) is 11.0. The second-order valence-corrected chi connectivity index (χ2v) is 3.02. The zero-order valence-electron chi connectivity index (χ0n) is 7.37. The van der Waals surface area contributed by atoms with Crippen LogP contribution in [-0.2, 0) is 4.79 Å². The molecule has 0 aliphatic carbocycles. The van der Waals surface area contributed by atoms with Gasteiger partial charge in [-0.25, -0.2) is 0 Å². The van der Waals surface area contributed by atoms with Crippen LogP contribution in [0.2, 0.25) is 5.02 Å². The van der Waals surface area contributed by atoms with E-state index in [9.17, 15) is 4.79 Å². The van der Waals surface area contributed by atoms with Crippen LogP contribution >= 0.6 is 11.6 Å². The number of nitrogens with zero attached hydrogens (tertiary/aromatic N) is 1. The molecule has 0 spiro atoms. The molecule has 0 radical (unpaired) electrons. The Morgan fingerprint density at radius 3 is 2.64 bits per heavy atom. The molecule has 14 heavy (non-hydrogen) atoms. The Morgan fingerprint density at radius 1 is 1.43 bits per heavy atom. The van der Waals surface area contributed by atoms with Gasteiger partial charge in [-0.15, -0.1) is 0 Å². The smallest absolute Gasteiger partial charge is 0.312 e. The van der Waals surface area contributed by atoms with Crippen LogP contribution in [0.3, 0.4) is 0 Å². The van der Waals surface area contributed by atoms with Crippen molar-refractivity contribution in [3.8, 4) is 11.8 Å². The van der Waals surface area contributed by atoms with Crippen LogP contribution < -0.4 is 4.74 Å². The number of rotatable bonds is 3. The van der Waals surface area contributed by atoms with E-state index in [-0.39, 0.29) is 12.8 Å². The van der Waals surface area contributed by atoms with E-state index >= 15 is 0 Å². The third-order valence-electron chi connectivity index (χ3n) is 1.49. The normalized spacial score (nSPS) is 9.14. The van der Waals surface area contributed by atoms with Crippen molar-refractivity contribution in [1.82, 2.24) is 0 Å². The van der Waals surface area contributed by atoms with Crippen LogP contribution in [0.25, 0.3) is 0 Å². The van der Waals surface area contributed by atoms with Crippen molar-refractivity contribution >= 4 is 17.6 Å². The quantitative estimate of drug-likeness (QED) is 0.568. The Kier molecular flexibility index (Phi) is 3.96. The van der Waals surface area contributed by atoms with Crippen LogP contribution in [0.15, 0.2) is 24.3 Å². The molecule has 0 bridgehead atoms. The summed E-state index contributed by atoms with van der Waals surface area (Å²) in [6.45, 7) is 0. The fraction of sp³-hybridized carbons (Fsp3) is 0.200. The Morgan fingerprint density at radius 2 is 2.07 bits per heavy atom. The molecular weight excluding hydrogens is 202 g/mol. The number of nitriles is 1. The minimum Gasteiger partial charge on any atom is -0.427 e. The molecular formula is C10H8ClNO2. The molecule has 0 amide bonds. The van der Waals surface area contributed by atoms with Gasteiger partial charge in [-0.1, -0.05) is 11.6 Å². The Balaban J connectivity index is 2.49. The SMILES string of the molecule is N#CCCC(=O)Oc1ccc(Cl)cc1. The summed E-state index contributed by atoms with van der Waals surface area (Å²) in [5.41, 5.74) is 0. The maximum atomic E-state index is 11.0. The van der Waals surface area contributed by atoms with Crippen molar-refractivity contribution < 1.29 is 9.53 Å². The van der Waals surface area contributed by atoms with Crippen LogP contribution in [0.1, 0.15) is 12.8 Å². The number of benzene rings is 1. The van der Waals surface area contributed by atoms with Crippen LogP contribution in [0.4, 0.5) is 0 Å². The fourth-order valence-electron chi connectivity index (χ4n) is 0.843. The maximum Gasteiger partial charge on any atom is 0.312 e. The molecule has 0 atom stereocenters. The van der Waals surface area contributed by atoms with Crippen molar-refractivity contribution in [2.75, 3.05) is 0 Å². The predicted molar refractivity (Wildman–Crippen MR) is 51.9 cm³/mol. The van der Waals surface area contributed by atoms with Crippen molar-refractivity contribution in [2.45, 2.75) is 12.8 Å². The number of halogens is 1. The minimum atomic E-state index is -0.408. The van der Waals surface area contributed by atoms with Gasteiger partial charge in [-0.3, -0.25) is 4.79 Å². The lowest BCUT2D eigenvalue weighted by Crippen LogP contribution is -2.06. The van der Waals surface area contributed by atoms with Gasteiger partial charge in [0.15, 0.2) is 0 Å². The Bertz CT molecular complexity index is 353. The summed E-state index contributed by atoms with van der Waals surface area (Å²) >= 11 is 5.65. The summed E-state index contributed by atoms with van der Waals surface area (Å²) in [5, 5.41) is 8.83. The van der Waals surface area contributed by atoms with Gasteiger partial charge in [-0.2, -0.15) is 5.26 Å². The molecule has 0 aliphatic rings. The first-order chi connectivity index (χ1) is 6.72. The fourth-order valence-corrected chi connectivity index (χ4v) is 0.969. The number of carbonyl (C=O) groups is 1. The topological polar surface area (TPSA) is 50.1 Å². The molecule has 0 saturated heterocycles. The highest BCUT2D eigenvalue weighted by atomic mass is 35.5. The third-order valence-corrected chi connectivity index (χ3v) is 1.74. The second-order valence-electron chi connectivity index (χ2n) is 2.59. The summed E-state index contributed by atoms with van der Waals surface area (Å²) in [5.74, 6) is 0.0335. The van der Waals surface area contributed by atoms with Gasteiger partial charge in [0.05, 0.1) is 12.5 Å². The Labute approximate surface area is 86.9 Å². The molecule has 0 unspecified atom stereocenters. The average molecular weight is 210 g/mol. The number of hydrogen-bond donors (Lipinski definition) is 0. The number of esters is 1. The molecule has 1 aromatic carbocycles. The lowest BCUT2D eigenvalue weighted by atomic mass is 10.3. The van der Waals surface area contributed by atoms with Crippen molar-refractivity contribution in [3.05, 3.63) is 29.3 Å². The van der Waals surface area contributed by atoms with Crippen LogP contribution in [0, 0.1) is 11.3 Å². The molecule has 1 aromatic rings. The van der Waals surface area contributed by atoms with E-state index in [0.717, 1.165) is 0 Å². The van der Waals surface area contributed by atoms with Crippen LogP contribution in [-0.4, -0.2) is 5.97 Å². The first-order valence-electron chi connectivity index (χ1n) is 4.05. The molecule has 0 heterocycles. The lowest BCUT2D eigenvalue weighted by Gasteiger charge is -2.01. The van der Waals surface area contributed by atoms with E-state index in [0.29, 0.717) is 10.8 Å². The van der Waals surface area contributed by atoms with E-state index in [2.05, 4.69) is 0 Å². The highest BCUT2D eigenvalue weighted by Gasteiger charge is 2.03. The molecule has 0 aliphatic heterocycles. The van der Waals surface area contributed by atoms with Gasteiger partial charge >= 0.3 is 5.97 Å². The van der Waals surface area contributed by atoms with Crippen molar-refractivity contribution in [2.24, 2.45) is 0 Å². The molecule has 0 saturated carbocycles. The molecule has 0 fully saturated rings. The highest BCUT2D eigenvalue weighted by Crippen LogP contribution is 2.15. The number of carbonyl (C=O) groups excluding carboxylic acids is 1. The van der Waals surface area contributed by atoms with Gasteiger partial charge in [-0.05, 0) is 24.3 Å². The number of hydrogen-bond acceptors (Lipinski definition) is 3. The van der Waals surface area contributed by atoms with E-state index in [4.69, 9.17) is 21.6 Å². The molecule has 0 N–H and O–H groups in total. The summed E-state index contributed by atoms with van der Waals surface area (Å²) in [7, 11) is 0. The molecule has 72 valence electrons. The zero-order valence-corrected chi connectivity index (χ0v) is 8.12. The Hall–Kier alpha value is -1.53. The summed E-state index contributed by atoms with van der Waals surface area (Å²) < 4.78 is 4.92. The number of ether oxygens (including phenoxy) is 1. The minimum absolute atomic E-state index is 0.110. The van der Waals surface area contributed by atoms with Gasteiger partial charge in [0, 0.05) is 11.4 Å². The van der Waals surface area contributed by atoms with E-state index in [1.54, 1.807) is 24.3 Å². The summed E-state index contributed by atoms with van der Waals surface area (Å²) in [6.07, 6.45) is 0.283. The first-order valence-corrected chi connectivity index (χ1v) is 4.43. The maximum absolute atomic E-state index is 11.0. The highest BCUT2D eigenvalue weighted by molar-refractivity contribution is 6.30. The molecule has 1 rings (SSSR count). The monoisotopic (exact) mass is 209 g/mol. The summed E-state index contributed by atoms with van der Waals surface area (Å²) in [6, 6.07) is 8.35. The standard InChI is InChI=1S/C10H8ClNO2/c11-8-3-5-9(6-4-8)14-10(13)2-1-7-12/h3-6H,1-2H2. The van der Waals surface area contributed by atoms with E-state index < -0.39 is 5.97 Å². The van der Waals surface area contributed by atoms with Gasteiger partial charge in [0.2, 0.25) is 0 Å². The van der Waals surface area contributed by atoms with E-state index in [1.807, 2.05) is 6.07 Å². The molecule has 3 nitrogen and oxygen atoms in total. The third kappa shape index (κ3) is 3.46. The van der Waals surface area contributed by atoms with Crippen molar-refractivity contribution in [3.63, 3.8) is 0 Å². The second kappa shape index (κ2) is 5.25. The predicted octanol–water partition coefficient (Wildman–Crippen LogP) is 2.55. The lowest BCUT2D eigenvalue weighted by molar-refractivity contribution is -0.134. The van der Waals surface area contributed by atoms with E-state index in [1.165, 1.54) is 0 Å². The van der Waals surface area contributed by atoms with Crippen LogP contribution in [0.5, 0.6) is 5.75 Å². The van der Waals surface area contributed by atoms with Crippen molar-refractivity contribution in [1.29, 1.82) is 5.26 Å². The van der Waals surface area contributed by atoms with Gasteiger partial charge in [0.25, 0.3) is 0 Å². The average Bonchev–Trinajstić information content (AvgIpc) is 2.18. The van der Waals surface area contributed by atoms with Gasteiger partial charge in [0.1, 0.15) is 5.75 Å². The largest absolute Gasteiger partial charge is 0.427 e. The van der Waals surface area contributed by atoms with Gasteiger partial charge < -0.3 is 4.74 Å². The molecule has 4 heteroatoms. The zero-order chi connectivity index (χ0) is 10.4.